The summed E-state index contributed by atoms with van der Waals surface area (Å²) in [6.45, 7) is 0. The van der Waals surface area contributed by atoms with E-state index in [9.17, 15) is 9.59 Å². The summed E-state index contributed by atoms with van der Waals surface area (Å²) in [5.74, 6) is -1.09. The van der Waals surface area contributed by atoms with Gasteiger partial charge in [0, 0.05) is 0 Å². The third kappa shape index (κ3) is 1.79. The molecule has 0 saturated carbocycles. The highest BCUT2D eigenvalue weighted by molar-refractivity contribution is 5.85. The summed E-state index contributed by atoms with van der Waals surface area (Å²) in [7, 11) is 0. The third-order valence-electron chi connectivity index (χ3n) is 1.21. The number of nitrogens with zero attached hydrogens (tertiary/aromatic N) is 1. The molecule has 1 aromatic heterocycles. The summed E-state index contributed by atoms with van der Waals surface area (Å²) in [6.07, 6.45) is 1.77. The zero-order chi connectivity index (χ0) is 8.97. The lowest BCUT2D eigenvalue weighted by atomic mass is 10.3. The first kappa shape index (κ1) is 8.19. The van der Waals surface area contributed by atoms with E-state index in [1.807, 2.05) is 0 Å². The van der Waals surface area contributed by atoms with Crippen LogP contribution in [-0.2, 0) is 4.79 Å². The summed E-state index contributed by atoms with van der Waals surface area (Å²) in [5.41, 5.74) is 0.418. The maximum Gasteiger partial charge on any atom is 0.354 e. The number of amides is 1. The monoisotopic (exact) mass is 166 g/mol. The van der Waals surface area contributed by atoms with E-state index in [4.69, 9.17) is 5.11 Å². The number of carboxylic acid groups (broad SMARTS) is 1. The smallest absolute Gasteiger partial charge is 0.354 e. The van der Waals surface area contributed by atoms with E-state index in [0.717, 1.165) is 0 Å². The Labute approximate surface area is 68.0 Å². The average Bonchev–Trinajstić information content (AvgIpc) is 2.06. The summed E-state index contributed by atoms with van der Waals surface area (Å²) >= 11 is 0. The fraction of sp³-hybridized carbons (Fsp3) is 0. The van der Waals surface area contributed by atoms with Crippen molar-refractivity contribution < 1.29 is 14.7 Å². The second-order valence-corrected chi connectivity index (χ2v) is 2.00. The lowest BCUT2D eigenvalue weighted by molar-refractivity contribution is -0.105. The molecule has 5 heteroatoms. The predicted octanol–water partition coefficient (Wildman–Crippen LogP) is 0.348. The van der Waals surface area contributed by atoms with Gasteiger partial charge in [0.1, 0.15) is 5.69 Å². The minimum Gasteiger partial charge on any atom is -0.477 e. The van der Waals surface area contributed by atoms with Crippen LogP contribution in [0.15, 0.2) is 18.3 Å². The predicted molar refractivity (Wildman–Crippen MR) is 40.9 cm³/mol. The van der Waals surface area contributed by atoms with Crippen molar-refractivity contribution in [3.05, 3.63) is 24.0 Å². The van der Waals surface area contributed by atoms with Crippen LogP contribution in [0.5, 0.6) is 0 Å². The van der Waals surface area contributed by atoms with Gasteiger partial charge in [0.15, 0.2) is 0 Å². The van der Waals surface area contributed by atoms with Gasteiger partial charge < -0.3 is 10.4 Å². The van der Waals surface area contributed by atoms with Gasteiger partial charge in [0.2, 0.25) is 6.41 Å². The van der Waals surface area contributed by atoms with E-state index in [-0.39, 0.29) is 5.69 Å². The van der Waals surface area contributed by atoms with Crippen molar-refractivity contribution in [1.82, 2.24) is 4.98 Å². The molecule has 1 aromatic rings. The first-order chi connectivity index (χ1) is 5.74. The number of anilines is 1. The standard InChI is InChI=1S/C7H6N2O3/c10-4-9-5-1-2-6(7(11)12)8-3-5/h1-4H,(H,9,10)(H,11,12). The quantitative estimate of drug-likeness (QED) is 0.635. The molecule has 0 unspecified atom stereocenters. The first-order valence-electron chi connectivity index (χ1n) is 3.13. The number of carboxylic acids is 1. The van der Waals surface area contributed by atoms with Gasteiger partial charge >= 0.3 is 5.97 Å². The molecule has 0 bridgehead atoms. The lowest BCUT2D eigenvalue weighted by Crippen LogP contribution is -2.01. The molecule has 0 aliphatic rings. The van der Waals surface area contributed by atoms with E-state index in [0.29, 0.717) is 12.1 Å². The summed E-state index contributed by atoms with van der Waals surface area (Å²) in [5, 5.41) is 10.8. The van der Waals surface area contributed by atoms with Gasteiger partial charge in [-0.1, -0.05) is 0 Å². The highest BCUT2D eigenvalue weighted by Gasteiger charge is 2.02. The van der Waals surface area contributed by atoms with Gasteiger partial charge in [0.25, 0.3) is 0 Å². The minimum atomic E-state index is -1.09. The van der Waals surface area contributed by atoms with E-state index < -0.39 is 5.97 Å². The maximum absolute atomic E-state index is 10.3. The number of carbonyl (C=O) groups excluding carboxylic acids is 1. The normalized spacial score (nSPS) is 9.00. The average molecular weight is 166 g/mol. The molecular formula is C7H6N2O3. The Bertz CT molecular complexity index is 294. The van der Waals surface area contributed by atoms with Crippen molar-refractivity contribution in [2.24, 2.45) is 0 Å². The van der Waals surface area contributed by atoms with Crippen molar-refractivity contribution in [2.45, 2.75) is 0 Å². The summed E-state index contributed by atoms with van der Waals surface area (Å²) in [4.78, 5) is 23.8. The van der Waals surface area contributed by atoms with E-state index in [2.05, 4.69) is 10.3 Å². The Kier molecular flexibility index (Phi) is 2.37. The molecule has 62 valence electrons. The van der Waals surface area contributed by atoms with Crippen LogP contribution in [0.2, 0.25) is 0 Å². The van der Waals surface area contributed by atoms with Crippen molar-refractivity contribution in [3.8, 4) is 0 Å². The fourth-order valence-electron chi connectivity index (χ4n) is 0.674. The van der Waals surface area contributed by atoms with E-state index >= 15 is 0 Å². The molecule has 0 aromatic carbocycles. The number of carbonyl (C=O) groups is 2. The number of hydrogen-bond acceptors (Lipinski definition) is 3. The molecule has 2 N–H and O–H groups in total. The van der Waals surface area contributed by atoms with Crippen molar-refractivity contribution in [1.29, 1.82) is 0 Å². The number of aromatic carboxylic acids is 1. The number of aromatic nitrogens is 1. The summed E-state index contributed by atoms with van der Waals surface area (Å²) in [6, 6.07) is 2.78. The van der Waals surface area contributed by atoms with Crippen LogP contribution in [0.4, 0.5) is 5.69 Å². The second-order valence-electron chi connectivity index (χ2n) is 2.00. The molecule has 0 spiro atoms. The lowest BCUT2D eigenvalue weighted by Gasteiger charge is -1.96. The van der Waals surface area contributed by atoms with Gasteiger partial charge in [-0.3, -0.25) is 4.79 Å². The van der Waals surface area contributed by atoms with Gasteiger partial charge in [-0.15, -0.1) is 0 Å². The van der Waals surface area contributed by atoms with Crippen LogP contribution < -0.4 is 5.32 Å². The Hall–Kier alpha value is -1.91. The summed E-state index contributed by atoms with van der Waals surface area (Å²) < 4.78 is 0. The minimum absolute atomic E-state index is 0.0496. The fourth-order valence-corrected chi connectivity index (χ4v) is 0.674. The number of nitrogens with one attached hydrogen (secondary N) is 1. The topological polar surface area (TPSA) is 79.3 Å². The molecule has 12 heavy (non-hydrogen) atoms. The Morgan fingerprint density at radius 3 is 2.75 bits per heavy atom. The van der Waals surface area contributed by atoms with Crippen LogP contribution in [0.25, 0.3) is 0 Å². The number of pyridine rings is 1. The molecule has 0 radical (unpaired) electrons. The largest absolute Gasteiger partial charge is 0.477 e. The second kappa shape index (κ2) is 3.47. The zero-order valence-electron chi connectivity index (χ0n) is 6.02. The van der Waals surface area contributed by atoms with Crippen LogP contribution >= 0.6 is 0 Å². The van der Waals surface area contributed by atoms with Crippen molar-refractivity contribution in [3.63, 3.8) is 0 Å². The van der Waals surface area contributed by atoms with Crippen LogP contribution in [-0.4, -0.2) is 22.5 Å². The molecule has 1 rings (SSSR count). The van der Waals surface area contributed by atoms with Gasteiger partial charge in [-0.2, -0.15) is 0 Å². The molecular weight excluding hydrogens is 160 g/mol. The molecule has 0 fully saturated rings. The van der Waals surface area contributed by atoms with Crippen molar-refractivity contribution >= 4 is 18.1 Å². The SMILES string of the molecule is O=CNc1ccc(C(=O)O)nc1. The highest BCUT2D eigenvalue weighted by atomic mass is 16.4. The van der Waals surface area contributed by atoms with E-state index in [1.54, 1.807) is 0 Å². The zero-order valence-corrected chi connectivity index (χ0v) is 6.02. The van der Waals surface area contributed by atoms with Crippen LogP contribution in [0, 0.1) is 0 Å². The van der Waals surface area contributed by atoms with Crippen molar-refractivity contribution in [2.75, 3.05) is 5.32 Å². The van der Waals surface area contributed by atoms with Crippen LogP contribution in [0.3, 0.4) is 0 Å². The van der Waals surface area contributed by atoms with Crippen LogP contribution in [0.1, 0.15) is 10.5 Å². The Morgan fingerprint density at radius 2 is 2.33 bits per heavy atom. The third-order valence-corrected chi connectivity index (χ3v) is 1.21. The number of rotatable bonds is 3. The first-order valence-corrected chi connectivity index (χ1v) is 3.13. The maximum atomic E-state index is 10.3. The van der Waals surface area contributed by atoms with Gasteiger partial charge in [-0.25, -0.2) is 9.78 Å². The molecule has 1 heterocycles. The molecule has 1 amide bonds. The van der Waals surface area contributed by atoms with Gasteiger partial charge in [0.05, 0.1) is 11.9 Å². The molecule has 0 saturated heterocycles. The molecule has 5 nitrogen and oxygen atoms in total. The Balaban J connectivity index is 2.85. The molecule has 0 aliphatic carbocycles. The molecule has 0 atom stereocenters. The van der Waals surface area contributed by atoms with Gasteiger partial charge in [-0.05, 0) is 12.1 Å². The Morgan fingerprint density at radius 1 is 1.58 bits per heavy atom. The number of hydrogen-bond donors (Lipinski definition) is 2. The molecule has 0 aliphatic heterocycles. The van der Waals surface area contributed by atoms with E-state index in [1.165, 1.54) is 18.3 Å². The highest BCUT2D eigenvalue weighted by Crippen LogP contribution is 2.04.